The molecule has 0 spiro atoms. The highest BCUT2D eigenvalue weighted by Crippen LogP contribution is 2.51. The first kappa shape index (κ1) is 35.4. The minimum atomic E-state index is -4.85. The number of aryl methyl sites for hydroxylation is 1. The van der Waals surface area contributed by atoms with Crippen LogP contribution < -0.4 is 20.8 Å². The van der Waals surface area contributed by atoms with Crippen molar-refractivity contribution < 1.29 is 41.1 Å². The van der Waals surface area contributed by atoms with E-state index in [0.717, 1.165) is 0 Å². The summed E-state index contributed by atoms with van der Waals surface area (Å²) in [5.41, 5.74) is -0.106. The van der Waals surface area contributed by atoms with E-state index in [2.05, 4.69) is 20.6 Å². The zero-order chi connectivity index (χ0) is 34.4. The van der Waals surface area contributed by atoms with Crippen LogP contribution in [-0.2, 0) is 42.0 Å². The van der Waals surface area contributed by atoms with Gasteiger partial charge in [0.15, 0.2) is 5.43 Å². The molecule has 47 heavy (non-hydrogen) atoms. The fraction of sp³-hybridized carbons (Fsp3) is 0.355. The molecular formula is C31H35F3N5O7P. The van der Waals surface area contributed by atoms with Crippen LogP contribution >= 0.6 is 7.60 Å². The average molecular weight is 678 g/mol. The number of esters is 1. The Labute approximate surface area is 268 Å². The number of ether oxygens (including phenoxy) is 2. The molecule has 0 radical (unpaired) electrons. The Morgan fingerprint density at radius 2 is 1.74 bits per heavy atom. The molecule has 0 saturated carbocycles. The zero-order valence-corrected chi connectivity index (χ0v) is 27.3. The van der Waals surface area contributed by atoms with Crippen LogP contribution in [0.3, 0.4) is 0 Å². The van der Waals surface area contributed by atoms with Crippen molar-refractivity contribution in [2.75, 3.05) is 37.6 Å². The number of carbonyl (C=O) groups is 1. The first-order valence-corrected chi connectivity index (χ1v) is 16.4. The normalized spacial score (nSPS) is 11.8. The molecule has 0 atom stereocenters. The maximum atomic E-state index is 14.1. The van der Waals surface area contributed by atoms with Crippen molar-refractivity contribution in [2.45, 2.75) is 46.6 Å². The summed E-state index contributed by atoms with van der Waals surface area (Å²) < 4.78 is 78.1. The van der Waals surface area contributed by atoms with E-state index in [1.54, 1.807) is 52.0 Å². The highest BCUT2D eigenvalue weighted by atomic mass is 31.2. The number of hydrogen-bond acceptors (Lipinski definition) is 11. The fourth-order valence-corrected chi connectivity index (χ4v) is 6.52. The van der Waals surface area contributed by atoms with Gasteiger partial charge in [-0.25, -0.2) is 4.98 Å². The van der Waals surface area contributed by atoms with Crippen molar-refractivity contribution in [2.24, 2.45) is 0 Å². The number of methoxy groups -OCH3 is 1. The number of rotatable bonds is 14. The van der Waals surface area contributed by atoms with Gasteiger partial charge in [0.25, 0.3) is 0 Å². The number of nitrogens with one attached hydrogen (secondary N) is 2. The number of benzene rings is 2. The van der Waals surface area contributed by atoms with E-state index >= 15 is 0 Å². The van der Waals surface area contributed by atoms with Gasteiger partial charge in [0.05, 0.1) is 55.4 Å². The molecule has 4 rings (SSSR count). The molecule has 0 amide bonds. The van der Waals surface area contributed by atoms with Crippen molar-refractivity contribution >= 4 is 47.6 Å². The molecule has 0 unspecified atom stereocenters. The Hall–Kier alpha value is -4.46. The van der Waals surface area contributed by atoms with Gasteiger partial charge in [-0.3, -0.25) is 14.2 Å². The number of pyridine rings is 1. The second-order valence-electron chi connectivity index (χ2n) is 10.1. The summed E-state index contributed by atoms with van der Waals surface area (Å²) in [5.74, 6) is -1.10. The average Bonchev–Trinajstić information content (AvgIpc) is 3.00. The number of nitrogens with zero attached hydrogens (tertiary/aromatic N) is 3. The van der Waals surface area contributed by atoms with Crippen LogP contribution in [0.25, 0.3) is 10.9 Å². The third-order valence-electron chi connectivity index (χ3n) is 6.78. The predicted molar refractivity (Wildman–Crippen MR) is 171 cm³/mol. The van der Waals surface area contributed by atoms with Gasteiger partial charge in [0.2, 0.25) is 5.95 Å². The fourth-order valence-electron chi connectivity index (χ4n) is 4.83. The van der Waals surface area contributed by atoms with Gasteiger partial charge in [0.1, 0.15) is 23.7 Å². The Morgan fingerprint density at radius 1 is 1.02 bits per heavy atom. The van der Waals surface area contributed by atoms with Gasteiger partial charge in [-0.15, -0.1) is 0 Å². The maximum Gasteiger partial charge on any atom is 0.421 e. The molecule has 0 fully saturated rings. The maximum absolute atomic E-state index is 14.1. The third kappa shape index (κ3) is 8.47. The first-order chi connectivity index (χ1) is 22.3. The number of hydrogen-bond donors (Lipinski definition) is 2. The van der Waals surface area contributed by atoms with Gasteiger partial charge in [-0.2, -0.15) is 18.2 Å². The lowest BCUT2D eigenvalue weighted by atomic mass is 10.1. The minimum absolute atomic E-state index is 0.0256. The number of carbonyl (C=O) groups excluding carboxylic acids is 1. The standard InChI is InChI=1S/C31H35F3N5O7P/c1-6-44-26(40)17-39-16-19(4)28(41)27-23(10-9-11-24(27)39)36-29-21(31(32,33)34)15-35-30(38-29)37-22-13-12-20(14-25(22)43-5)18-47(42,45-7-2)46-8-3/h9-16H,6-8,17-18H2,1-5H3,(H2,35,36,37,38). The SMILES string of the molecule is CCOC(=O)Cn1cc(C)c(=O)c2c(Nc3nc(Nc4ccc(CP(=O)(OCC)OCC)cc4OC)ncc3C(F)(F)F)cccc21. The van der Waals surface area contributed by atoms with Gasteiger partial charge in [-0.05, 0) is 57.5 Å². The van der Waals surface area contributed by atoms with Gasteiger partial charge >= 0.3 is 19.7 Å². The van der Waals surface area contributed by atoms with Crippen molar-refractivity contribution in [1.29, 1.82) is 0 Å². The lowest BCUT2D eigenvalue weighted by molar-refractivity contribution is -0.143. The molecule has 2 heterocycles. The highest BCUT2D eigenvalue weighted by molar-refractivity contribution is 7.53. The number of fused-ring (bicyclic) bond motifs is 1. The molecule has 0 aliphatic carbocycles. The Morgan fingerprint density at radius 3 is 2.38 bits per heavy atom. The van der Waals surface area contributed by atoms with E-state index in [0.29, 0.717) is 23.0 Å². The molecule has 0 aliphatic rings. The summed E-state index contributed by atoms with van der Waals surface area (Å²) in [5, 5.41) is 5.61. The Kier molecular flexibility index (Phi) is 11.3. The van der Waals surface area contributed by atoms with Crippen molar-refractivity contribution in [3.63, 3.8) is 0 Å². The van der Waals surface area contributed by atoms with E-state index in [1.165, 1.54) is 30.0 Å². The van der Waals surface area contributed by atoms with Crippen LogP contribution in [0.1, 0.15) is 37.5 Å². The lowest BCUT2D eigenvalue weighted by Gasteiger charge is -2.19. The summed E-state index contributed by atoms with van der Waals surface area (Å²) in [4.78, 5) is 33.5. The third-order valence-corrected chi connectivity index (χ3v) is 8.83. The summed E-state index contributed by atoms with van der Waals surface area (Å²) in [6, 6.07) is 9.36. The molecule has 2 aromatic carbocycles. The number of anilines is 4. The molecule has 0 aliphatic heterocycles. The zero-order valence-electron chi connectivity index (χ0n) is 26.4. The summed E-state index contributed by atoms with van der Waals surface area (Å²) in [6.45, 7) is 6.95. The monoisotopic (exact) mass is 677 g/mol. The Bertz CT molecular complexity index is 1860. The van der Waals surface area contributed by atoms with E-state index in [4.69, 9.17) is 18.5 Å². The van der Waals surface area contributed by atoms with Gasteiger partial charge in [0, 0.05) is 18.0 Å². The van der Waals surface area contributed by atoms with E-state index < -0.39 is 36.6 Å². The van der Waals surface area contributed by atoms with E-state index in [1.807, 2.05) is 0 Å². The van der Waals surface area contributed by atoms with E-state index in [9.17, 15) is 27.3 Å². The van der Waals surface area contributed by atoms with Crippen LogP contribution in [0.5, 0.6) is 5.75 Å². The van der Waals surface area contributed by atoms with Crippen LogP contribution in [0, 0.1) is 6.92 Å². The molecular weight excluding hydrogens is 642 g/mol. The molecule has 12 nitrogen and oxygen atoms in total. The smallest absolute Gasteiger partial charge is 0.421 e. The van der Waals surface area contributed by atoms with Crippen LogP contribution in [0.15, 0.2) is 53.6 Å². The van der Waals surface area contributed by atoms with Crippen LogP contribution in [-0.4, -0.2) is 47.4 Å². The molecule has 16 heteroatoms. The number of alkyl halides is 3. The minimum Gasteiger partial charge on any atom is -0.495 e. The Balaban J connectivity index is 1.73. The molecule has 2 aromatic heterocycles. The summed E-state index contributed by atoms with van der Waals surface area (Å²) >= 11 is 0. The summed E-state index contributed by atoms with van der Waals surface area (Å²) in [6.07, 6.45) is -2.76. The van der Waals surface area contributed by atoms with Crippen molar-refractivity contribution in [3.05, 3.63) is 75.7 Å². The number of aromatic nitrogens is 3. The number of halogens is 3. The van der Waals surface area contributed by atoms with Crippen LogP contribution in [0.2, 0.25) is 0 Å². The molecule has 252 valence electrons. The van der Waals surface area contributed by atoms with Crippen molar-refractivity contribution in [3.8, 4) is 5.75 Å². The molecule has 0 bridgehead atoms. The van der Waals surface area contributed by atoms with E-state index in [-0.39, 0.29) is 60.9 Å². The molecule has 4 aromatic rings. The topological polar surface area (TPSA) is 143 Å². The lowest BCUT2D eigenvalue weighted by Crippen LogP contribution is -2.19. The van der Waals surface area contributed by atoms with Crippen LogP contribution in [0.4, 0.5) is 36.3 Å². The largest absolute Gasteiger partial charge is 0.495 e. The quantitative estimate of drug-likeness (QED) is 0.106. The van der Waals surface area contributed by atoms with Gasteiger partial charge in [-0.1, -0.05) is 12.1 Å². The molecule has 0 saturated heterocycles. The molecule has 2 N–H and O–H groups in total. The summed E-state index contributed by atoms with van der Waals surface area (Å²) in [7, 11) is -2.02. The van der Waals surface area contributed by atoms with Crippen molar-refractivity contribution in [1.82, 2.24) is 14.5 Å². The second-order valence-corrected chi connectivity index (χ2v) is 12.2. The van der Waals surface area contributed by atoms with Gasteiger partial charge < -0.3 is 33.7 Å². The predicted octanol–water partition coefficient (Wildman–Crippen LogP) is 6.94. The second kappa shape index (κ2) is 15.0. The highest BCUT2D eigenvalue weighted by Gasteiger charge is 2.36. The first-order valence-electron chi connectivity index (χ1n) is 14.6.